The molecular formula is C18H17NO2. The molecule has 0 spiro atoms. The van der Waals surface area contributed by atoms with Gasteiger partial charge in [-0.3, -0.25) is 14.5 Å². The molecule has 1 aromatic carbocycles. The van der Waals surface area contributed by atoms with Gasteiger partial charge in [0.1, 0.15) is 0 Å². The Morgan fingerprint density at radius 1 is 0.905 bits per heavy atom. The summed E-state index contributed by atoms with van der Waals surface area (Å²) in [5.41, 5.74) is 1.87. The molecule has 6 rings (SSSR count). The molecule has 3 nitrogen and oxygen atoms in total. The Hall–Kier alpha value is -1.90. The van der Waals surface area contributed by atoms with Crippen LogP contribution in [0.1, 0.15) is 12.0 Å². The van der Waals surface area contributed by atoms with E-state index in [1.807, 2.05) is 31.2 Å². The van der Waals surface area contributed by atoms with Crippen LogP contribution in [0.4, 0.5) is 5.69 Å². The monoisotopic (exact) mass is 279 g/mol. The van der Waals surface area contributed by atoms with Gasteiger partial charge in [-0.2, -0.15) is 0 Å². The highest BCUT2D eigenvalue weighted by Crippen LogP contribution is 2.65. The largest absolute Gasteiger partial charge is 0.274 e. The van der Waals surface area contributed by atoms with Crippen LogP contribution >= 0.6 is 0 Å². The number of rotatable bonds is 1. The Balaban J connectivity index is 1.58. The highest BCUT2D eigenvalue weighted by atomic mass is 16.2. The first-order valence-corrected chi connectivity index (χ1v) is 7.79. The van der Waals surface area contributed by atoms with Crippen LogP contribution in [-0.2, 0) is 9.59 Å². The van der Waals surface area contributed by atoms with Crippen molar-refractivity contribution in [2.24, 2.45) is 35.5 Å². The predicted octanol–water partition coefficient (Wildman–Crippen LogP) is 2.55. The minimum Gasteiger partial charge on any atom is -0.274 e. The Morgan fingerprint density at radius 3 is 1.95 bits per heavy atom. The predicted molar refractivity (Wildman–Crippen MR) is 78.4 cm³/mol. The molecule has 21 heavy (non-hydrogen) atoms. The van der Waals surface area contributed by atoms with Crippen LogP contribution in [0.25, 0.3) is 0 Å². The number of hydrogen-bond acceptors (Lipinski definition) is 2. The maximum Gasteiger partial charge on any atom is 0.238 e. The van der Waals surface area contributed by atoms with Crippen molar-refractivity contribution in [2.45, 2.75) is 13.3 Å². The Bertz CT molecular complexity index is 654. The van der Waals surface area contributed by atoms with Crippen LogP contribution in [0.2, 0.25) is 0 Å². The molecule has 1 saturated heterocycles. The van der Waals surface area contributed by atoms with Gasteiger partial charge in [0.15, 0.2) is 0 Å². The number of nitrogens with zero attached hydrogens (tertiary/aromatic N) is 1. The second kappa shape index (κ2) is 3.65. The molecule has 1 aliphatic heterocycles. The van der Waals surface area contributed by atoms with Crippen molar-refractivity contribution in [2.75, 3.05) is 4.90 Å². The smallest absolute Gasteiger partial charge is 0.238 e. The molecule has 0 radical (unpaired) electrons. The summed E-state index contributed by atoms with van der Waals surface area (Å²) in [5, 5.41) is 0. The van der Waals surface area contributed by atoms with Crippen LogP contribution in [-0.4, -0.2) is 11.8 Å². The Labute approximate surface area is 123 Å². The number of hydrogen-bond donors (Lipinski definition) is 0. The Morgan fingerprint density at radius 2 is 1.43 bits per heavy atom. The van der Waals surface area contributed by atoms with Crippen molar-refractivity contribution in [1.82, 2.24) is 0 Å². The average molecular weight is 279 g/mol. The van der Waals surface area contributed by atoms with Gasteiger partial charge < -0.3 is 0 Å². The van der Waals surface area contributed by atoms with E-state index in [4.69, 9.17) is 0 Å². The minimum atomic E-state index is -0.0995. The summed E-state index contributed by atoms with van der Waals surface area (Å²) in [6.07, 6.45) is 5.63. The number of carbonyl (C=O) groups is 2. The van der Waals surface area contributed by atoms with Crippen molar-refractivity contribution < 1.29 is 9.59 Å². The van der Waals surface area contributed by atoms with Crippen LogP contribution in [0.3, 0.4) is 0 Å². The van der Waals surface area contributed by atoms with Crippen molar-refractivity contribution in [1.29, 1.82) is 0 Å². The van der Waals surface area contributed by atoms with E-state index in [1.165, 1.54) is 11.3 Å². The number of benzene rings is 1. The topological polar surface area (TPSA) is 37.4 Å². The van der Waals surface area contributed by atoms with E-state index >= 15 is 0 Å². The molecule has 1 heterocycles. The maximum atomic E-state index is 12.9. The number of anilines is 1. The van der Waals surface area contributed by atoms with Crippen molar-refractivity contribution >= 4 is 17.5 Å². The lowest BCUT2D eigenvalue weighted by molar-refractivity contribution is -0.124. The van der Waals surface area contributed by atoms with Crippen LogP contribution < -0.4 is 4.90 Å². The first kappa shape index (κ1) is 11.7. The molecule has 3 heteroatoms. The summed E-state index contributed by atoms with van der Waals surface area (Å²) in [7, 11) is 0. The van der Waals surface area contributed by atoms with Gasteiger partial charge >= 0.3 is 0 Å². The zero-order chi connectivity index (χ0) is 14.3. The first-order valence-electron chi connectivity index (χ1n) is 7.79. The second-order valence-electron chi connectivity index (χ2n) is 7.00. The zero-order valence-corrected chi connectivity index (χ0v) is 11.9. The third-order valence-corrected chi connectivity index (χ3v) is 5.95. The highest BCUT2D eigenvalue weighted by molar-refractivity contribution is 6.22. The molecule has 6 unspecified atom stereocenters. The molecule has 6 atom stereocenters. The van der Waals surface area contributed by atoms with Gasteiger partial charge in [0, 0.05) is 0 Å². The summed E-state index contributed by atoms with van der Waals surface area (Å²) in [4.78, 5) is 27.2. The van der Waals surface area contributed by atoms with Gasteiger partial charge in [0.05, 0.1) is 17.5 Å². The molecule has 1 aromatic rings. The fraction of sp³-hybridized carbons (Fsp3) is 0.444. The van der Waals surface area contributed by atoms with E-state index in [-0.39, 0.29) is 23.7 Å². The number of imide groups is 1. The summed E-state index contributed by atoms with van der Waals surface area (Å²) < 4.78 is 0. The van der Waals surface area contributed by atoms with Crippen LogP contribution in [0.5, 0.6) is 0 Å². The lowest BCUT2D eigenvalue weighted by atomic mass is 9.63. The molecule has 0 N–H and O–H groups in total. The Kier molecular flexibility index (Phi) is 2.04. The lowest BCUT2D eigenvalue weighted by Gasteiger charge is -2.37. The first-order chi connectivity index (χ1) is 10.2. The van der Waals surface area contributed by atoms with Crippen molar-refractivity contribution in [3.63, 3.8) is 0 Å². The van der Waals surface area contributed by atoms with E-state index in [2.05, 4.69) is 12.2 Å². The molecule has 3 fully saturated rings. The molecule has 2 saturated carbocycles. The normalized spacial score (nSPS) is 42.2. The van der Waals surface area contributed by atoms with E-state index < -0.39 is 0 Å². The van der Waals surface area contributed by atoms with E-state index in [0.29, 0.717) is 23.7 Å². The van der Waals surface area contributed by atoms with Gasteiger partial charge in [-0.1, -0.05) is 29.8 Å². The van der Waals surface area contributed by atoms with E-state index in [0.717, 1.165) is 11.3 Å². The standard InChI is InChI=1S/C18H17NO2/c1-9-2-4-10(5-3-9)19-17(20)15-11-6-7-12(14-8-13(11)14)16(15)18(19)21/h2-7,11-16H,8H2,1H3. The number of amides is 2. The zero-order valence-electron chi connectivity index (χ0n) is 11.9. The number of aryl methyl sites for hydroxylation is 1. The SMILES string of the molecule is Cc1ccc(N2C(=O)C3C4C=CC(C5CC45)C3C2=O)cc1. The van der Waals surface area contributed by atoms with Crippen molar-refractivity contribution in [3.8, 4) is 0 Å². The van der Waals surface area contributed by atoms with E-state index in [1.54, 1.807) is 0 Å². The fourth-order valence-corrected chi connectivity index (χ4v) is 4.91. The molecular weight excluding hydrogens is 262 g/mol. The van der Waals surface area contributed by atoms with Crippen LogP contribution in [0.15, 0.2) is 36.4 Å². The van der Waals surface area contributed by atoms with Gasteiger partial charge in [-0.15, -0.1) is 0 Å². The second-order valence-corrected chi connectivity index (χ2v) is 7.00. The molecule has 2 amide bonds. The lowest BCUT2D eigenvalue weighted by Crippen LogP contribution is -2.40. The third-order valence-electron chi connectivity index (χ3n) is 5.95. The summed E-state index contributed by atoms with van der Waals surface area (Å²) >= 11 is 0. The van der Waals surface area contributed by atoms with Gasteiger partial charge in [0.25, 0.3) is 0 Å². The fourth-order valence-electron chi connectivity index (χ4n) is 4.91. The average Bonchev–Trinajstić information content (AvgIpc) is 3.26. The maximum absolute atomic E-state index is 12.9. The van der Waals surface area contributed by atoms with Gasteiger partial charge in [-0.05, 0) is 49.1 Å². The molecule has 106 valence electrons. The van der Waals surface area contributed by atoms with E-state index in [9.17, 15) is 9.59 Å². The van der Waals surface area contributed by atoms with Crippen molar-refractivity contribution in [3.05, 3.63) is 42.0 Å². The van der Waals surface area contributed by atoms with Gasteiger partial charge in [0.2, 0.25) is 11.8 Å². The third kappa shape index (κ3) is 1.34. The summed E-state index contributed by atoms with van der Waals surface area (Å²) in [5.74, 6) is 1.79. The quantitative estimate of drug-likeness (QED) is 0.585. The van der Waals surface area contributed by atoms with Gasteiger partial charge in [-0.25, -0.2) is 0 Å². The number of allylic oxidation sites excluding steroid dienone is 2. The molecule has 2 bridgehead atoms. The van der Waals surface area contributed by atoms with Crippen LogP contribution in [0, 0.1) is 42.4 Å². The minimum absolute atomic E-state index is 0.0264. The molecule has 4 aliphatic carbocycles. The highest BCUT2D eigenvalue weighted by Gasteiger charge is 2.67. The molecule has 0 aromatic heterocycles. The summed E-state index contributed by atoms with van der Waals surface area (Å²) in [6.45, 7) is 2.01. The number of carbonyl (C=O) groups excluding carboxylic acids is 2. The molecule has 5 aliphatic rings. The summed E-state index contributed by atoms with van der Waals surface area (Å²) in [6, 6.07) is 7.70.